The highest BCUT2D eigenvalue weighted by atomic mass is 16.3. The maximum atomic E-state index is 11.5. The van der Waals surface area contributed by atoms with E-state index < -0.39 is 5.69 Å². The lowest BCUT2D eigenvalue weighted by Gasteiger charge is -2.10. The Kier molecular flexibility index (Phi) is 4.66. The molecule has 0 bridgehead atoms. The second kappa shape index (κ2) is 7.87. The molecule has 0 spiro atoms. The van der Waals surface area contributed by atoms with Crippen LogP contribution in [0.5, 0.6) is 5.88 Å². The molecule has 4 heterocycles. The van der Waals surface area contributed by atoms with E-state index in [2.05, 4.69) is 25.4 Å². The van der Waals surface area contributed by atoms with Crippen molar-refractivity contribution in [1.82, 2.24) is 34.1 Å². The molecule has 6 rings (SSSR count). The lowest BCUT2D eigenvalue weighted by atomic mass is 10.2. The van der Waals surface area contributed by atoms with Crippen molar-refractivity contribution in [3.05, 3.63) is 75.6 Å². The molecular formula is C23H22N10O2. The van der Waals surface area contributed by atoms with Gasteiger partial charge >= 0.3 is 5.69 Å². The Balaban J connectivity index is 1.47. The second-order valence-corrected chi connectivity index (χ2v) is 8.54. The molecule has 0 unspecified atom stereocenters. The van der Waals surface area contributed by atoms with Gasteiger partial charge in [-0.1, -0.05) is 0 Å². The number of nitrogens with zero attached hydrogens (tertiary/aromatic N) is 6. The first-order valence-corrected chi connectivity index (χ1v) is 11.1. The molecule has 4 aromatic heterocycles. The van der Waals surface area contributed by atoms with E-state index in [4.69, 9.17) is 15.7 Å². The smallest absolute Gasteiger partial charge is 0.326 e. The molecule has 0 amide bonds. The van der Waals surface area contributed by atoms with Crippen molar-refractivity contribution < 1.29 is 5.11 Å². The first-order valence-electron chi connectivity index (χ1n) is 11.1. The molecule has 0 atom stereocenters. The van der Waals surface area contributed by atoms with Gasteiger partial charge in [-0.05, 0) is 44.0 Å². The van der Waals surface area contributed by atoms with Gasteiger partial charge in [0.2, 0.25) is 5.88 Å². The highest BCUT2D eigenvalue weighted by Gasteiger charge is 2.20. The number of nitrogen functional groups attached to an aromatic ring is 1. The molecule has 0 saturated heterocycles. The van der Waals surface area contributed by atoms with Crippen molar-refractivity contribution in [1.29, 1.82) is 0 Å². The topological polar surface area (TPSA) is 167 Å². The van der Waals surface area contributed by atoms with Crippen LogP contribution >= 0.6 is 0 Å². The Morgan fingerprint density at radius 1 is 1.26 bits per heavy atom. The van der Waals surface area contributed by atoms with E-state index in [-0.39, 0.29) is 17.6 Å². The number of nitrogens with one attached hydrogen (secondary N) is 3. The van der Waals surface area contributed by atoms with Gasteiger partial charge in [0, 0.05) is 28.9 Å². The highest BCUT2D eigenvalue weighted by molar-refractivity contribution is 5.67. The van der Waals surface area contributed by atoms with Crippen molar-refractivity contribution >= 4 is 28.9 Å². The molecular weight excluding hydrogens is 448 g/mol. The fourth-order valence-corrected chi connectivity index (χ4v) is 3.83. The summed E-state index contributed by atoms with van der Waals surface area (Å²) >= 11 is 0. The molecule has 1 aliphatic rings. The summed E-state index contributed by atoms with van der Waals surface area (Å²) in [6.07, 6.45) is 8.95. The molecule has 0 radical (unpaired) electrons. The molecule has 35 heavy (non-hydrogen) atoms. The van der Waals surface area contributed by atoms with Gasteiger partial charge in [-0.2, -0.15) is 9.61 Å². The van der Waals surface area contributed by atoms with Crippen molar-refractivity contribution in [3.8, 4) is 11.6 Å². The lowest BCUT2D eigenvalue weighted by molar-refractivity contribution is 0.454. The number of imidazole rings is 2. The van der Waals surface area contributed by atoms with Crippen LogP contribution in [0.1, 0.15) is 24.2 Å². The Morgan fingerprint density at radius 3 is 2.83 bits per heavy atom. The Morgan fingerprint density at radius 2 is 2.11 bits per heavy atom. The van der Waals surface area contributed by atoms with Gasteiger partial charge in [0.25, 0.3) is 0 Å². The van der Waals surface area contributed by atoms with Crippen LogP contribution in [0, 0.1) is 6.92 Å². The minimum atomic E-state index is -0.504. The van der Waals surface area contributed by atoms with Gasteiger partial charge in [-0.15, -0.1) is 0 Å². The average molecular weight is 470 g/mol. The minimum absolute atomic E-state index is 0.238. The van der Waals surface area contributed by atoms with Crippen LogP contribution in [0.25, 0.3) is 17.4 Å². The third-order valence-corrected chi connectivity index (χ3v) is 5.60. The highest BCUT2D eigenvalue weighted by Crippen LogP contribution is 2.24. The summed E-state index contributed by atoms with van der Waals surface area (Å²) in [7, 11) is 0. The SMILES string of the molecule is Cc1cn(-c2cc(N)cc(Nc3cc(=NC4CC4)n4ncc(=Cc5[nH]c(=O)[nH]c5O)c4n3)c2)cn1. The Hall–Kier alpha value is -4.87. The number of aromatic amines is 2. The number of rotatable bonds is 5. The normalized spacial score (nSPS) is 14.8. The third-order valence-electron chi connectivity index (χ3n) is 5.60. The van der Waals surface area contributed by atoms with E-state index in [1.807, 2.05) is 42.0 Å². The number of aromatic nitrogens is 7. The summed E-state index contributed by atoms with van der Waals surface area (Å²) in [5.74, 6) is 0.297. The maximum absolute atomic E-state index is 11.5. The number of anilines is 3. The lowest BCUT2D eigenvalue weighted by Crippen LogP contribution is -2.19. The molecule has 1 aliphatic carbocycles. The Labute approximate surface area is 197 Å². The second-order valence-electron chi connectivity index (χ2n) is 8.54. The first kappa shape index (κ1) is 20.7. The number of hydrogen-bond donors (Lipinski definition) is 5. The molecule has 6 N–H and O–H groups in total. The van der Waals surface area contributed by atoms with Crippen molar-refractivity contribution in [2.75, 3.05) is 11.1 Å². The zero-order valence-electron chi connectivity index (χ0n) is 18.7. The van der Waals surface area contributed by atoms with E-state index in [0.717, 1.165) is 29.9 Å². The Bertz CT molecular complexity index is 1750. The summed E-state index contributed by atoms with van der Waals surface area (Å²) in [6, 6.07) is 7.74. The summed E-state index contributed by atoms with van der Waals surface area (Å²) in [5, 5.41) is 18.3. The number of benzene rings is 1. The molecule has 5 aromatic rings. The van der Waals surface area contributed by atoms with Crippen molar-refractivity contribution in [2.45, 2.75) is 25.8 Å². The van der Waals surface area contributed by atoms with Crippen molar-refractivity contribution in [3.63, 3.8) is 0 Å². The fourth-order valence-electron chi connectivity index (χ4n) is 3.83. The first-order chi connectivity index (χ1) is 16.9. The average Bonchev–Trinajstić information content (AvgIpc) is 3.20. The molecule has 0 aliphatic heterocycles. The van der Waals surface area contributed by atoms with E-state index in [0.29, 0.717) is 27.9 Å². The number of nitrogens with two attached hydrogens (primary N) is 1. The maximum Gasteiger partial charge on any atom is 0.326 e. The van der Waals surface area contributed by atoms with Crippen molar-refractivity contribution in [2.24, 2.45) is 4.99 Å². The number of H-pyrrole nitrogens is 2. The molecule has 1 saturated carbocycles. The predicted molar refractivity (Wildman–Crippen MR) is 129 cm³/mol. The fraction of sp³-hybridized carbons (Fsp3) is 0.174. The number of hydrogen-bond acceptors (Lipinski definition) is 8. The van der Waals surface area contributed by atoms with Gasteiger partial charge in [-0.3, -0.25) is 9.98 Å². The summed E-state index contributed by atoms with van der Waals surface area (Å²) < 4.78 is 3.55. The van der Waals surface area contributed by atoms with Gasteiger partial charge in [0.05, 0.1) is 29.9 Å². The standard InChI is InChI=1S/C23H22N10O2/c1-12-10-32(11-25-12)17-6-14(24)5-16(7-17)27-19-8-20(28-15-2-3-15)33-21(30-19)13(9-26-33)4-18-22(34)31-23(35)29-18/h4-11,15,27,34H,2-3,24H2,1H3,(H2,29,31,35). The van der Waals surface area contributed by atoms with Crippen LogP contribution < -0.4 is 27.4 Å². The van der Waals surface area contributed by atoms with E-state index in [9.17, 15) is 9.90 Å². The molecule has 12 nitrogen and oxygen atoms in total. The minimum Gasteiger partial charge on any atom is -0.493 e. The van der Waals surface area contributed by atoms with E-state index in [1.54, 1.807) is 23.1 Å². The largest absolute Gasteiger partial charge is 0.493 e. The van der Waals surface area contributed by atoms with Crippen LogP contribution in [-0.2, 0) is 0 Å². The van der Waals surface area contributed by atoms with Crippen LogP contribution in [0.15, 0.2) is 52.8 Å². The van der Waals surface area contributed by atoms with Crippen LogP contribution in [-0.4, -0.2) is 45.3 Å². The molecule has 12 heteroatoms. The number of aryl methyl sites for hydroxylation is 1. The molecule has 1 fully saturated rings. The summed E-state index contributed by atoms with van der Waals surface area (Å²) in [6.45, 7) is 1.93. The van der Waals surface area contributed by atoms with Gasteiger partial charge in [0.15, 0.2) is 11.1 Å². The van der Waals surface area contributed by atoms with Crippen LogP contribution in [0.3, 0.4) is 0 Å². The van der Waals surface area contributed by atoms with E-state index >= 15 is 0 Å². The van der Waals surface area contributed by atoms with E-state index in [1.165, 1.54) is 0 Å². The molecule has 1 aromatic carbocycles. The van der Waals surface area contributed by atoms with Crippen LogP contribution in [0.4, 0.5) is 17.2 Å². The monoisotopic (exact) mass is 470 g/mol. The predicted octanol–water partition coefficient (Wildman–Crippen LogP) is 0.882. The summed E-state index contributed by atoms with van der Waals surface area (Å²) in [5.41, 5.74) is 10.2. The number of aromatic hydroxyl groups is 1. The van der Waals surface area contributed by atoms with Gasteiger partial charge in [-0.25, -0.2) is 14.8 Å². The summed E-state index contributed by atoms with van der Waals surface area (Å²) in [4.78, 5) is 30.2. The number of fused-ring (bicyclic) bond motifs is 1. The van der Waals surface area contributed by atoms with Gasteiger partial charge < -0.3 is 25.7 Å². The molecule has 176 valence electrons. The zero-order chi connectivity index (χ0) is 24.1. The zero-order valence-corrected chi connectivity index (χ0v) is 18.7. The van der Waals surface area contributed by atoms with Crippen LogP contribution in [0.2, 0.25) is 0 Å². The van der Waals surface area contributed by atoms with Gasteiger partial charge in [0.1, 0.15) is 11.5 Å². The third kappa shape index (κ3) is 4.12. The quantitative estimate of drug-likeness (QED) is 0.238.